The summed E-state index contributed by atoms with van der Waals surface area (Å²) in [6.45, 7) is 0. The highest BCUT2D eigenvalue weighted by Crippen LogP contribution is 2.39. The van der Waals surface area contributed by atoms with Gasteiger partial charge in [-0.3, -0.25) is 4.79 Å². The monoisotopic (exact) mass is 388 g/mol. The number of aromatic nitrogens is 1. The minimum atomic E-state index is -1.14. The van der Waals surface area contributed by atoms with E-state index in [0.717, 1.165) is 18.4 Å². The van der Waals surface area contributed by atoms with Gasteiger partial charge in [-0.1, -0.05) is 47.2 Å². The van der Waals surface area contributed by atoms with E-state index in [0.29, 0.717) is 23.4 Å². The molecule has 1 fully saturated rings. The lowest BCUT2D eigenvalue weighted by Gasteiger charge is -2.33. The molecule has 0 spiro atoms. The Balaban J connectivity index is 1.87. The average Bonchev–Trinajstić information content (AvgIpc) is 2.60. The molecular formula is C20H18Cl2N2O2. The van der Waals surface area contributed by atoms with Gasteiger partial charge in [-0.25, -0.2) is 4.98 Å². The Kier molecular flexibility index (Phi) is 5.52. The SMILES string of the molecule is NC(=O)c1nc(Cl)ccc1[C@H]1CCC[C@@](O)(C#Cc2cccc(Cl)c2)C1. The number of pyridine rings is 1. The van der Waals surface area contributed by atoms with Crippen LogP contribution in [0.15, 0.2) is 36.4 Å². The van der Waals surface area contributed by atoms with Gasteiger partial charge in [0.05, 0.1) is 0 Å². The van der Waals surface area contributed by atoms with Crippen molar-refractivity contribution in [1.82, 2.24) is 4.98 Å². The van der Waals surface area contributed by atoms with E-state index in [4.69, 9.17) is 28.9 Å². The summed E-state index contributed by atoms with van der Waals surface area (Å²) in [5.41, 5.74) is 5.93. The van der Waals surface area contributed by atoms with Crippen molar-refractivity contribution in [1.29, 1.82) is 0 Å². The van der Waals surface area contributed by atoms with Gasteiger partial charge in [0.15, 0.2) is 0 Å². The Labute approximate surface area is 162 Å². The molecule has 0 saturated heterocycles. The van der Waals surface area contributed by atoms with Crippen molar-refractivity contribution in [2.24, 2.45) is 5.73 Å². The minimum Gasteiger partial charge on any atom is -0.378 e. The summed E-state index contributed by atoms with van der Waals surface area (Å²) >= 11 is 11.9. The lowest BCUT2D eigenvalue weighted by molar-refractivity contribution is 0.0517. The van der Waals surface area contributed by atoms with E-state index >= 15 is 0 Å². The number of primary amides is 1. The van der Waals surface area contributed by atoms with Crippen molar-refractivity contribution in [3.63, 3.8) is 0 Å². The maximum Gasteiger partial charge on any atom is 0.267 e. The third kappa shape index (κ3) is 4.37. The molecule has 1 aliphatic carbocycles. The predicted octanol–water partition coefficient (Wildman–Crippen LogP) is 3.93. The molecule has 1 saturated carbocycles. The van der Waals surface area contributed by atoms with Crippen molar-refractivity contribution < 1.29 is 9.90 Å². The van der Waals surface area contributed by atoms with Crippen molar-refractivity contribution in [3.8, 4) is 11.8 Å². The van der Waals surface area contributed by atoms with Gasteiger partial charge in [-0.05, 0) is 61.4 Å². The molecule has 0 unspecified atom stereocenters. The van der Waals surface area contributed by atoms with Crippen molar-refractivity contribution in [3.05, 3.63) is 63.4 Å². The molecule has 26 heavy (non-hydrogen) atoms. The number of nitrogens with zero attached hydrogens (tertiary/aromatic N) is 1. The quantitative estimate of drug-likeness (QED) is 0.604. The Morgan fingerprint density at radius 3 is 2.85 bits per heavy atom. The molecule has 1 heterocycles. The number of amides is 1. The number of carbonyl (C=O) groups is 1. The highest BCUT2D eigenvalue weighted by Gasteiger charge is 2.35. The van der Waals surface area contributed by atoms with Crippen LogP contribution in [0.5, 0.6) is 0 Å². The minimum absolute atomic E-state index is 0.0605. The summed E-state index contributed by atoms with van der Waals surface area (Å²) in [5, 5.41) is 11.8. The maximum absolute atomic E-state index is 11.7. The van der Waals surface area contributed by atoms with Crippen LogP contribution < -0.4 is 5.73 Å². The first-order valence-corrected chi connectivity index (χ1v) is 9.09. The largest absolute Gasteiger partial charge is 0.378 e. The van der Waals surface area contributed by atoms with Gasteiger partial charge in [0.1, 0.15) is 16.4 Å². The molecular weight excluding hydrogens is 371 g/mol. The number of rotatable bonds is 2. The maximum atomic E-state index is 11.7. The van der Waals surface area contributed by atoms with Crippen molar-refractivity contribution in [2.45, 2.75) is 37.2 Å². The number of halogens is 2. The van der Waals surface area contributed by atoms with Gasteiger partial charge < -0.3 is 10.8 Å². The molecule has 6 heteroatoms. The fraction of sp³-hybridized carbons (Fsp3) is 0.300. The molecule has 3 rings (SSSR count). The molecule has 0 aliphatic heterocycles. The van der Waals surface area contributed by atoms with Gasteiger partial charge in [0.2, 0.25) is 0 Å². The average molecular weight is 389 g/mol. The number of carbonyl (C=O) groups excluding carboxylic acids is 1. The first-order valence-electron chi connectivity index (χ1n) is 8.34. The van der Waals surface area contributed by atoms with Crippen LogP contribution in [0.4, 0.5) is 0 Å². The van der Waals surface area contributed by atoms with Crippen LogP contribution in [0.2, 0.25) is 10.2 Å². The standard InChI is InChI=1S/C20H18Cl2N2O2/c21-15-5-1-3-13(11-15)8-10-20(26)9-2-4-14(12-20)16-6-7-17(22)24-18(16)19(23)25/h1,3,5-7,11,14,26H,2,4,9,12H2,(H2,23,25)/t14-,20+/m0/s1. The number of benzene rings is 1. The molecule has 1 aliphatic rings. The second kappa shape index (κ2) is 7.67. The summed E-state index contributed by atoms with van der Waals surface area (Å²) in [4.78, 5) is 15.8. The zero-order valence-corrected chi connectivity index (χ0v) is 15.5. The van der Waals surface area contributed by atoms with Gasteiger partial charge in [-0.2, -0.15) is 0 Å². The summed E-state index contributed by atoms with van der Waals surface area (Å²) < 4.78 is 0. The molecule has 2 aromatic rings. The summed E-state index contributed by atoms with van der Waals surface area (Å²) in [5.74, 6) is 5.30. The first kappa shape index (κ1) is 18.7. The number of hydrogen-bond acceptors (Lipinski definition) is 3. The van der Waals surface area contributed by atoms with E-state index < -0.39 is 11.5 Å². The topological polar surface area (TPSA) is 76.2 Å². The Morgan fingerprint density at radius 1 is 1.31 bits per heavy atom. The van der Waals surface area contributed by atoms with E-state index in [1.807, 2.05) is 12.1 Å². The van der Waals surface area contributed by atoms with Crippen LogP contribution in [0.25, 0.3) is 0 Å². The molecule has 2 atom stereocenters. The molecule has 1 aromatic heterocycles. The van der Waals surface area contributed by atoms with E-state index in [1.165, 1.54) is 0 Å². The lowest BCUT2D eigenvalue weighted by atomic mass is 9.75. The molecule has 0 radical (unpaired) electrons. The van der Waals surface area contributed by atoms with Gasteiger partial charge in [0, 0.05) is 10.6 Å². The van der Waals surface area contributed by atoms with Gasteiger partial charge in [0.25, 0.3) is 5.91 Å². The summed E-state index contributed by atoms with van der Waals surface area (Å²) in [7, 11) is 0. The second-order valence-corrected chi connectivity index (χ2v) is 7.34. The number of aliphatic hydroxyl groups is 1. The normalized spacial score (nSPS) is 22.3. The second-order valence-electron chi connectivity index (χ2n) is 6.52. The first-order chi connectivity index (χ1) is 12.4. The van der Waals surface area contributed by atoms with Crippen LogP contribution in [0.1, 0.15) is 53.2 Å². The summed E-state index contributed by atoms with van der Waals surface area (Å²) in [6.07, 6.45) is 2.59. The fourth-order valence-corrected chi connectivity index (χ4v) is 3.70. The highest BCUT2D eigenvalue weighted by atomic mass is 35.5. The lowest BCUT2D eigenvalue weighted by Crippen LogP contribution is -2.33. The van der Waals surface area contributed by atoms with Crippen LogP contribution >= 0.6 is 23.2 Å². The molecule has 1 amide bonds. The molecule has 0 bridgehead atoms. The molecule has 3 N–H and O–H groups in total. The zero-order valence-electron chi connectivity index (χ0n) is 14.0. The predicted molar refractivity (Wildman–Crippen MR) is 102 cm³/mol. The van der Waals surface area contributed by atoms with Crippen molar-refractivity contribution >= 4 is 29.1 Å². The van der Waals surface area contributed by atoms with E-state index in [1.54, 1.807) is 24.3 Å². The van der Waals surface area contributed by atoms with Gasteiger partial charge >= 0.3 is 0 Å². The van der Waals surface area contributed by atoms with E-state index in [-0.39, 0.29) is 16.8 Å². The third-order valence-corrected chi connectivity index (χ3v) is 5.00. The third-order valence-electron chi connectivity index (χ3n) is 4.56. The number of hydrogen-bond donors (Lipinski definition) is 2. The highest BCUT2D eigenvalue weighted by molar-refractivity contribution is 6.30. The fourth-order valence-electron chi connectivity index (χ4n) is 3.36. The van der Waals surface area contributed by atoms with Crippen LogP contribution in [0.3, 0.4) is 0 Å². The van der Waals surface area contributed by atoms with Crippen LogP contribution in [-0.4, -0.2) is 21.6 Å². The van der Waals surface area contributed by atoms with Gasteiger partial charge in [-0.15, -0.1) is 0 Å². The van der Waals surface area contributed by atoms with Crippen molar-refractivity contribution in [2.75, 3.05) is 0 Å². The summed E-state index contributed by atoms with van der Waals surface area (Å²) in [6, 6.07) is 10.6. The Bertz CT molecular complexity index is 904. The van der Waals surface area contributed by atoms with E-state index in [2.05, 4.69) is 16.8 Å². The molecule has 134 valence electrons. The smallest absolute Gasteiger partial charge is 0.267 e. The Hall–Kier alpha value is -2.06. The molecule has 1 aromatic carbocycles. The molecule has 4 nitrogen and oxygen atoms in total. The van der Waals surface area contributed by atoms with Crippen LogP contribution in [-0.2, 0) is 0 Å². The van der Waals surface area contributed by atoms with E-state index in [9.17, 15) is 9.90 Å². The Morgan fingerprint density at radius 2 is 2.12 bits per heavy atom. The number of nitrogens with two attached hydrogens (primary N) is 1. The van der Waals surface area contributed by atoms with Crippen LogP contribution in [0, 0.1) is 11.8 Å². The zero-order chi connectivity index (χ0) is 18.7.